The molecule has 1 aliphatic heterocycles. The Kier molecular flexibility index (Phi) is 6.01. The van der Waals surface area contributed by atoms with Crippen LogP contribution in [-0.4, -0.2) is 34.3 Å². The Bertz CT molecular complexity index is 790. The third-order valence-corrected chi connectivity index (χ3v) is 4.92. The second-order valence-electron chi connectivity index (χ2n) is 5.86. The molecule has 0 radical (unpaired) electrons. The van der Waals surface area contributed by atoms with Crippen LogP contribution in [0.3, 0.4) is 0 Å². The standard InChI is InChI=1S/C19H18N2O4S/c22-9-7-14-1-4-15(20-12-14)8-10-25-16-5-2-13(3-6-16)11-17-18(23)21-19(24)26-17/h1-6,9,12,17H,7-8,10-11H2,(H,21,23,24)/t17-/m1/s1. The van der Waals surface area contributed by atoms with E-state index in [1.807, 2.05) is 36.4 Å². The van der Waals surface area contributed by atoms with Crippen LogP contribution < -0.4 is 10.1 Å². The molecule has 0 spiro atoms. The van der Waals surface area contributed by atoms with Crippen molar-refractivity contribution in [3.8, 4) is 5.75 Å². The van der Waals surface area contributed by atoms with E-state index in [0.29, 0.717) is 25.9 Å². The highest BCUT2D eigenvalue weighted by Gasteiger charge is 2.31. The van der Waals surface area contributed by atoms with Gasteiger partial charge in [-0.3, -0.25) is 19.9 Å². The molecule has 2 heterocycles. The monoisotopic (exact) mass is 370 g/mol. The maximum atomic E-state index is 11.6. The van der Waals surface area contributed by atoms with Crippen LogP contribution in [0.2, 0.25) is 0 Å². The van der Waals surface area contributed by atoms with E-state index in [4.69, 9.17) is 4.74 Å². The summed E-state index contributed by atoms with van der Waals surface area (Å²) < 4.78 is 5.72. The van der Waals surface area contributed by atoms with E-state index in [0.717, 1.165) is 40.6 Å². The highest BCUT2D eigenvalue weighted by molar-refractivity contribution is 8.15. The van der Waals surface area contributed by atoms with Gasteiger partial charge in [0.05, 0.1) is 11.9 Å². The fourth-order valence-electron chi connectivity index (χ4n) is 2.56. The molecule has 1 saturated heterocycles. The van der Waals surface area contributed by atoms with E-state index in [1.54, 1.807) is 6.20 Å². The molecule has 0 aliphatic carbocycles. The number of benzene rings is 1. The average Bonchev–Trinajstić information content (AvgIpc) is 2.95. The zero-order valence-corrected chi connectivity index (χ0v) is 14.8. The Balaban J connectivity index is 1.46. The minimum atomic E-state index is -0.359. The summed E-state index contributed by atoms with van der Waals surface area (Å²) in [5.74, 6) is 0.512. The molecule has 1 aromatic heterocycles. The number of thioether (sulfide) groups is 1. The quantitative estimate of drug-likeness (QED) is 0.718. The van der Waals surface area contributed by atoms with Crippen LogP contribution in [0.25, 0.3) is 0 Å². The predicted octanol–water partition coefficient (Wildman–Crippen LogP) is 2.34. The number of ether oxygens (including phenoxy) is 1. The van der Waals surface area contributed by atoms with Crippen LogP contribution in [0, 0.1) is 0 Å². The minimum Gasteiger partial charge on any atom is -0.493 e. The molecule has 1 fully saturated rings. The number of amides is 2. The molecular weight excluding hydrogens is 352 g/mol. The Morgan fingerprint density at radius 1 is 1.12 bits per heavy atom. The summed E-state index contributed by atoms with van der Waals surface area (Å²) >= 11 is 1.03. The average molecular weight is 370 g/mol. The third-order valence-electron chi connectivity index (χ3n) is 3.94. The smallest absolute Gasteiger partial charge is 0.286 e. The largest absolute Gasteiger partial charge is 0.493 e. The van der Waals surface area contributed by atoms with Crippen molar-refractivity contribution >= 4 is 29.2 Å². The molecule has 1 N–H and O–H groups in total. The van der Waals surface area contributed by atoms with Crippen LogP contribution in [0.4, 0.5) is 4.79 Å². The van der Waals surface area contributed by atoms with Crippen molar-refractivity contribution in [3.05, 3.63) is 59.4 Å². The Morgan fingerprint density at radius 2 is 1.88 bits per heavy atom. The summed E-state index contributed by atoms with van der Waals surface area (Å²) in [5, 5.41) is 1.65. The number of hydrogen-bond acceptors (Lipinski definition) is 6. The van der Waals surface area contributed by atoms with Gasteiger partial charge in [0, 0.05) is 24.7 Å². The molecule has 0 unspecified atom stereocenters. The number of aromatic nitrogens is 1. The summed E-state index contributed by atoms with van der Waals surface area (Å²) in [6.07, 6.45) is 4.13. The zero-order chi connectivity index (χ0) is 18.4. The zero-order valence-electron chi connectivity index (χ0n) is 14.0. The van der Waals surface area contributed by atoms with Gasteiger partial charge in [-0.1, -0.05) is 30.0 Å². The molecule has 134 valence electrons. The van der Waals surface area contributed by atoms with Crippen molar-refractivity contribution < 1.29 is 19.1 Å². The van der Waals surface area contributed by atoms with E-state index in [-0.39, 0.29) is 16.4 Å². The highest BCUT2D eigenvalue weighted by atomic mass is 32.2. The van der Waals surface area contributed by atoms with Crippen molar-refractivity contribution in [2.45, 2.75) is 24.5 Å². The first-order chi connectivity index (χ1) is 12.6. The van der Waals surface area contributed by atoms with Crippen LogP contribution in [0.5, 0.6) is 5.75 Å². The number of rotatable bonds is 8. The first-order valence-electron chi connectivity index (χ1n) is 8.24. The number of hydrogen-bond donors (Lipinski definition) is 1. The van der Waals surface area contributed by atoms with Crippen molar-refractivity contribution in [3.63, 3.8) is 0 Å². The lowest BCUT2D eigenvalue weighted by Gasteiger charge is -2.09. The van der Waals surface area contributed by atoms with Crippen molar-refractivity contribution in [2.75, 3.05) is 6.61 Å². The molecule has 2 aromatic rings. The lowest BCUT2D eigenvalue weighted by molar-refractivity contribution is -0.119. The first-order valence-corrected chi connectivity index (χ1v) is 9.12. The van der Waals surface area contributed by atoms with Gasteiger partial charge in [0.25, 0.3) is 5.24 Å². The number of carbonyl (C=O) groups excluding carboxylic acids is 3. The number of carbonyl (C=O) groups is 3. The minimum absolute atomic E-state index is 0.230. The van der Waals surface area contributed by atoms with Crippen LogP contribution >= 0.6 is 11.8 Å². The van der Waals surface area contributed by atoms with Gasteiger partial charge < -0.3 is 9.53 Å². The van der Waals surface area contributed by atoms with Crippen LogP contribution in [-0.2, 0) is 28.9 Å². The van der Waals surface area contributed by atoms with E-state index >= 15 is 0 Å². The summed E-state index contributed by atoms with van der Waals surface area (Å²) in [7, 11) is 0. The maximum Gasteiger partial charge on any atom is 0.286 e. The van der Waals surface area contributed by atoms with Gasteiger partial charge in [0.15, 0.2) is 0 Å². The Morgan fingerprint density at radius 3 is 2.50 bits per heavy atom. The summed E-state index contributed by atoms with van der Waals surface area (Å²) in [4.78, 5) is 37.5. The number of imide groups is 1. The molecule has 0 bridgehead atoms. The molecule has 3 rings (SSSR count). The topological polar surface area (TPSA) is 85.4 Å². The van der Waals surface area contributed by atoms with Crippen molar-refractivity contribution in [1.29, 1.82) is 0 Å². The molecule has 1 aromatic carbocycles. The Labute approximate surface area is 155 Å². The maximum absolute atomic E-state index is 11.6. The van der Waals surface area contributed by atoms with E-state index < -0.39 is 0 Å². The van der Waals surface area contributed by atoms with Gasteiger partial charge in [0.2, 0.25) is 5.91 Å². The third kappa shape index (κ3) is 4.92. The highest BCUT2D eigenvalue weighted by Crippen LogP contribution is 2.23. The number of aldehydes is 1. The number of nitrogens with one attached hydrogen (secondary N) is 1. The molecule has 26 heavy (non-hydrogen) atoms. The lowest BCUT2D eigenvalue weighted by atomic mass is 10.1. The molecule has 2 amide bonds. The summed E-state index contributed by atoms with van der Waals surface area (Å²) in [5.41, 5.74) is 2.79. The van der Waals surface area contributed by atoms with Crippen LogP contribution in [0.15, 0.2) is 42.6 Å². The summed E-state index contributed by atoms with van der Waals surface area (Å²) in [6.45, 7) is 0.495. The summed E-state index contributed by atoms with van der Waals surface area (Å²) in [6, 6.07) is 11.3. The number of pyridine rings is 1. The number of nitrogens with zero attached hydrogens (tertiary/aromatic N) is 1. The second kappa shape index (κ2) is 8.62. The lowest BCUT2D eigenvalue weighted by Crippen LogP contribution is -2.25. The fraction of sp³-hybridized carbons (Fsp3) is 0.263. The predicted molar refractivity (Wildman–Crippen MR) is 98.3 cm³/mol. The molecule has 6 nitrogen and oxygen atoms in total. The van der Waals surface area contributed by atoms with Gasteiger partial charge >= 0.3 is 0 Å². The van der Waals surface area contributed by atoms with Crippen molar-refractivity contribution in [1.82, 2.24) is 10.3 Å². The molecule has 0 saturated carbocycles. The van der Waals surface area contributed by atoms with E-state index in [1.165, 1.54) is 0 Å². The van der Waals surface area contributed by atoms with Gasteiger partial charge in [-0.15, -0.1) is 0 Å². The van der Waals surface area contributed by atoms with Gasteiger partial charge in [-0.05, 0) is 35.7 Å². The van der Waals surface area contributed by atoms with E-state index in [2.05, 4.69) is 10.3 Å². The molecule has 7 heteroatoms. The second-order valence-corrected chi connectivity index (χ2v) is 7.03. The van der Waals surface area contributed by atoms with Crippen molar-refractivity contribution in [2.24, 2.45) is 0 Å². The first kappa shape index (κ1) is 18.1. The van der Waals surface area contributed by atoms with Crippen LogP contribution in [0.1, 0.15) is 16.8 Å². The fourth-order valence-corrected chi connectivity index (χ4v) is 3.42. The van der Waals surface area contributed by atoms with Gasteiger partial charge in [-0.2, -0.15) is 0 Å². The van der Waals surface area contributed by atoms with Gasteiger partial charge in [0.1, 0.15) is 12.0 Å². The molecule has 1 atom stereocenters. The Hall–Kier alpha value is -2.67. The molecular formula is C19H18N2O4S. The van der Waals surface area contributed by atoms with E-state index in [9.17, 15) is 14.4 Å². The SMILES string of the molecule is O=CCc1ccc(CCOc2ccc(C[C@H]3SC(=O)NC3=O)cc2)nc1. The van der Waals surface area contributed by atoms with Gasteiger partial charge in [-0.25, -0.2) is 0 Å². The molecule has 1 aliphatic rings. The normalized spacial score (nSPS) is 16.4.